The van der Waals surface area contributed by atoms with Crippen LogP contribution in [-0.2, 0) is 19.1 Å². The molecule has 0 radical (unpaired) electrons. The molecule has 7 nitrogen and oxygen atoms in total. The number of nitrogens with zero attached hydrogens (tertiary/aromatic N) is 2. The van der Waals surface area contributed by atoms with Crippen molar-refractivity contribution in [1.29, 1.82) is 0 Å². The van der Waals surface area contributed by atoms with E-state index in [0.717, 1.165) is 25.8 Å². The largest absolute Gasteiger partial charge is 0.463 e. The van der Waals surface area contributed by atoms with E-state index in [1.807, 2.05) is 27.7 Å². The molecule has 1 saturated heterocycles. The van der Waals surface area contributed by atoms with Gasteiger partial charge < -0.3 is 15.0 Å². The van der Waals surface area contributed by atoms with Crippen molar-refractivity contribution in [2.75, 3.05) is 20.2 Å². The zero-order chi connectivity index (χ0) is 24.6. The highest BCUT2D eigenvalue weighted by Crippen LogP contribution is 2.21. The zero-order valence-electron chi connectivity index (χ0n) is 21.6. The van der Waals surface area contributed by atoms with Gasteiger partial charge in [0.15, 0.2) is 0 Å². The van der Waals surface area contributed by atoms with Gasteiger partial charge in [0.2, 0.25) is 11.8 Å². The molecular formula is C25H45N3O4. The molecule has 3 atom stereocenters. The summed E-state index contributed by atoms with van der Waals surface area (Å²) in [5.74, 6) is -0.566. The van der Waals surface area contributed by atoms with Crippen LogP contribution >= 0.6 is 0 Å². The van der Waals surface area contributed by atoms with E-state index in [-0.39, 0.29) is 47.7 Å². The van der Waals surface area contributed by atoms with Crippen LogP contribution in [0.15, 0.2) is 11.6 Å². The van der Waals surface area contributed by atoms with Gasteiger partial charge >= 0.3 is 5.97 Å². The number of hydrogen-bond acceptors (Lipinski definition) is 5. The van der Waals surface area contributed by atoms with E-state index in [9.17, 15) is 14.4 Å². The fraction of sp³-hybridized carbons (Fsp3) is 0.800. The van der Waals surface area contributed by atoms with Crippen molar-refractivity contribution in [2.45, 2.75) is 98.8 Å². The minimum Gasteiger partial charge on any atom is -0.463 e. The maximum atomic E-state index is 13.5. The lowest BCUT2D eigenvalue weighted by Gasteiger charge is -2.39. The maximum Gasteiger partial charge on any atom is 0.333 e. The van der Waals surface area contributed by atoms with E-state index in [0.29, 0.717) is 12.2 Å². The van der Waals surface area contributed by atoms with E-state index in [2.05, 4.69) is 24.1 Å². The van der Waals surface area contributed by atoms with E-state index in [1.165, 1.54) is 0 Å². The molecule has 1 rings (SSSR count). The molecule has 32 heavy (non-hydrogen) atoms. The molecule has 0 aliphatic carbocycles. The fourth-order valence-electron chi connectivity index (χ4n) is 4.30. The summed E-state index contributed by atoms with van der Waals surface area (Å²) in [5, 5.41) is 3.06. The summed E-state index contributed by atoms with van der Waals surface area (Å²) in [5.41, 5.74) is 0.477. The Hall–Kier alpha value is -1.89. The summed E-state index contributed by atoms with van der Waals surface area (Å²) in [6, 6.07) is -0.828. The molecule has 1 aliphatic rings. The van der Waals surface area contributed by atoms with Gasteiger partial charge in [-0.3, -0.25) is 14.5 Å². The molecule has 0 saturated carbocycles. The lowest BCUT2D eigenvalue weighted by Crippen LogP contribution is -2.58. The highest BCUT2D eigenvalue weighted by Gasteiger charge is 2.36. The van der Waals surface area contributed by atoms with Crippen LogP contribution in [0.4, 0.5) is 0 Å². The Morgan fingerprint density at radius 1 is 1.09 bits per heavy atom. The van der Waals surface area contributed by atoms with Gasteiger partial charge in [-0.2, -0.15) is 0 Å². The molecule has 0 aromatic carbocycles. The number of rotatable bonds is 10. The van der Waals surface area contributed by atoms with Crippen molar-refractivity contribution in [1.82, 2.24) is 15.1 Å². The van der Waals surface area contributed by atoms with Gasteiger partial charge in [-0.15, -0.1) is 0 Å². The highest BCUT2D eigenvalue weighted by atomic mass is 16.5. The molecule has 0 spiro atoms. The van der Waals surface area contributed by atoms with Crippen molar-refractivity contribution in [3.05, 3.63) is 11.6 Å². The first kappa shape index (κ1) is 28.1. The number of esters is 1. The molecule has 0 bridgehead atoms. The molecular weight excluding hydrogens is 406 g/mol. The minimum absolute atomic E-state index is 0.0621. The van der Waals surface area contributed by atoms with Gasteiger partial charge in [-0.1, -0.05) is 40.2 Å². The van der Waals surface area contributed by atoms with E-state index in [4.69, 9.17) is 4.74 Å². The summed E-state index contributed by atoms with van der Waals surface area (Å²) in [6.07, 6.45) is 4.73. The maximum absolute atomic E-state index is 13.5. The van der Waals surface area contributed by atoms with Crippen LogP contribution < -0.4 is 5.32 Å². The van der Waals surface area contributed by atoms with Crippen LogP contribution in [0.5, 0.6) is 0 Å². The Morgan fingerprint density at radius 2 is 1.72 bits per heavy atom. The number of likely N-dealkylation sites (tertiary alicyclic amines) is 1. The van der Waals surface area contributed by atoms with Gasteiger partial charge in [-0.25, -0.2) is 4.79 Å². The summed E-state index contributed by atoms with van der Waals surface area (Å²) in [7, 11) is 1.74. The molecule has 0 aromatic rings. The molecule has 184 valence electrons. The summed E-state index contributed by atoms with van der Waals surface area (Å²) < 4.78 is 5.09. The standard InChI is InChI=1S/C25H45N3O4/c1-10-32-25(31)19(8)15-21(16(2)3)27(9)24(30)22(17(4)5)26-23(29)20-13-11-12-14-28(20)18(6)7/h15-18,20-22H,10-14H2,1-9H3,(H,26,29)/b19-15+/t20?,21-,22+/m1/s1. The predicted octanol–water partition coefficient (Wildman–Crippen LogP) is 3.38. The van der Waals surface area contributed by atoms with Crippen molar-refractivity contribution < 1.29 is 19.1 Å². The number of carbonyl (C=O) groups excluding carboxylic acids is 3. The second-order valence-corrected chi connectivity index (χ2v) is 9.83. The summed E-state index contributed by atoms with van der Waals surface area (Å²) >= 11 is 0. The zero-order valence-corrected chi connectivity index (χ0v) is 21.6. The second kappa shape index (κ2) is 13.0. The Labute approximate surface area is 194 Å². The third-order valence-electron chi connectivity index (χ3n) is 6.24. The summed E-state index contributed by atoms with van der Waals surface area (Å²) in [6.45, 7) is 16.8. The SMILES string of the molecule is CCOC(=O)/C(C)=C/[C@H](C(C)C)N(C)C(=O)[C@@H](NC(=O)C1CCCCN1C(C)C)C(C)C. The highest BCUT2D eigenvalue weighted by molar-refractivity contribution is 5.91. The van der Waals surface area contributed by atoms with Crippen molar-refractivity contribution >= 4 is 17.8 Å². The van der Waals surface area contributed by atoms with Gasteiger partial charge in [0, 0.05) is 18.7 Å². The molecule has 1 heterocycles. The molecule has 0 aromatic heterocycles. The molecule has 1 unspecified atom stereocenters. The van der Waals surface area contributed by atoms with Crippen LogP contribution in [-0.4, -0.2) is 72.0 Å². The normalized spacial score (nSPS) is 19.8. The molecule has 1 aliphatic heterocycles. The van der Waals surface area contributed by atoms with Crippen molar-refractivity contribution in [2.24, 2.45) is 11.8 Å². The van der Waals surface area contributed by atoms with Crippen molar-refractivity contribution in [3.63, 3.8) is 0 Å². The first-order valence-corrected chi connectivity index (χ1v) is 12.1. The van der Waals surface area contributed by atoms with Crippen LogP contribution in [0.1, 0.15) is 74.7 Å². The van der Waals surface area contributed by atoms with E-state index >= 15 is 0 Å². The van der Waals surface area contributed by atoms with E-state index in [1.54, 1.807) is 31.9 Å². The smallest absolute Gasteiger partial charge is 0.333 e. The number of carbonyl (C=O) groups is 3. The molecule has 2 amide bonds. The molecule has 7 heteroatoms. The first-order valence-electron chi connectivity index (χ1n) is 12.1. The van der Waals surface area contributed by atoms with Gasteiger partial charge in [0.25, 0.3) is 0 Å². The Kier molecular flexibility index (Phi) is 11.4. The third kappa shape index (κ3) is 7.61. The third-order valence-corrected chi connectivity index (χ3v) is 6.24. The van der Waals surface area contributed by atoms with Crippen LogP contribution in [0.25, 0.3) is 0 Å². The number of hydrogen-bond donors (Lipinski definition) is 1. The average Bonchev–Trinajstić information content (AvgIpc) is 2.74. The van der Waals surface area contributed by atoms with Crippen LogP contribution in [0.3, 0.4) is 0 Å². The topological polar surface area (TPSA) is 79.0 Å². The van der Waals surface area contributed by atoms with Gasteiger partial charge in [0.05, 0.1) is 18.7 Å². The first-order chi connectivity index (χ1) is 14.9. The van der Waals surface area contributed by atoms with Gasteiger partial charge in [-0.05, 0) is 58.9 Å². The van der Waals surface area contributed by atoms with Gasteiger partial charge in [0.1, 0.15) is 6.04 Å². The minimum atomic E-state index is -0.624. The number of amides is 2. The number of likely N-dealkylation sites (N-methyl/N-ethyl adjacent to an activating group) is 1. The molecule has 1 fully saturated rings. The lowest BCUT2D eigenvalue weighted by atomic mass is 9.95. The monoisotopic (exact) mass is 451 g/mol. The quantitative estimate of drug-likeness (QED) is 0.407. The van der Waals surface area contributed by atoms with Crippen LogP contribution in [0, 0.1) is 11.8 Å². The number of nitrogens with one attached hydrogen (secondary N) is 1. The second-order valence-electron chi connectivity index (χ2n) is 9.83. The average molecular weight is 452 g/mol. The lowest BCUT2D eigenvalue weighted by molar-refractivity contribution is -0.140. The Morgan fingerprint density at radius 3 is 2.22 bits per heavy atom. The van der Waals surface area contributed by atoms with Crippen LogP contribution in [0.2, 0.25) is 0 Å². The predicted molar refractivity (Wildman–Crippen MR) is 128 cm³/mol. The Balaban J connectivity index is 3.05. The number of piperidine rings is 1. The van der Waals surface area contributed by atoms with Crippen molar-refractivity contribution in [3.8, 4) is 0 Å². The molecule has 1 N–H and O–H groups in total. The fourth-order valence-corrected chi connectivity index (χ4v) is 4.30. The Bertz CT molecular complexity index is 672. The number of ether oxygens (including phenoxy) is 1. The summed E-state index contributed by atoms with van der Waals surface area (Å²) in [4.78, 5) is 42.7. The van der Waals surface area contributed by atoms with E-state index < -0.39 is 6.04 Å².